The van der Waals surface area contributed by atoms with Gasteiger partial charge in [-0.3, -0.25) is 4.90 Å². The first-order chi connectivity index (χ1) is 8.09. The van der Waals surface area contributed by atoms with Crippen LogP contribution in [-0.4, -0.2) is 28.2 Å². The van der Waals surface area contributed by atoms with Gasteiger partial charge in [-0.2, -0.15) is 0 Å². The van der Waals surface area contributed by atoms with E-state index < -0.39 is 0 Å². The number of rotatable bonds is 2. The summed E-state index contributed by atoms with van der Waals surface area (Å²) in [7, 11) is 0. The predicted molar refractivity (Wildman–Crippen MR) is 68.2 cm³/mol. The molecule has 1 aliphatic rings. The number of hydrogen-bond acceptors (Lipinski definition) is 3. The van der Waals surface area contributed by atoms with E-state index in [1.807, 2.05) is 6.92 Å². The molecule has 1 aromatic carbocycles. The largest absolute Gasteiger partial charge is 0.507 e. The van der Waals surface area contributed by atoms with Crippen molar-refractivity contribution in [2.75, 3.05) is 13.1 Å². The fourth-order valence-corrected chi connectivity index (χ4v) is 2.57. The Balaban J connectivity index is 2.16. The monoisotopic (exact) mass is 235 g/mol. The fourth-order valence-electron chi connectivity index (χ4n) is 2.57. The molecule has 2 N–H and O–H groups in total. The zero-order chi connectivity index (χ0) is 12.4. The second-order valence-corrected chi connectivity index (χ2v) is 5.10. The average molecular weight is 235 g/mol. The number of phenols is 2. The molecule has 17 heavy (non-hydrogen) atoms. The molecule has 0 spiro atoms. The molecular formula is C14H21NO2. The first kappa shape index (κ1) is 12.2. The smallest absolute Gasteiger partial charge is 0.124 e. The SMILES string of the molecule is CC1CCN(C(C)c2c(O)cccc2O)CC1. The lowest BCUT2D eigenvalue weighted by Crippen LogP contribution is -2.35. The number of benzene rings is 1. The zero-order valence-corrected chi connectivity index (χ0v) is 10.6. The number of piperidine rings is 1. The summed E-state index contributed by atoms with van der Waals surface area (Å²) in [5.74, 6) is 1.17. The number of aromatic hydroxyl groups is 2. The zero-order valence-electron chi connectivity index (χ0n) is 10.6. The van der Waals surface area contributed by atoms with Crippen LogP contribution in [0.5, 0.6) is 11.5 Å². The lowest BCUT2D eigenvalue weighted by molar-refractivity contribution is 0.143. The molecule has 0 amide bonds. The molecule has 1 aliphatic heterocycles. The number of phenolic OH excluding ortho intramolecular Hbond substituents is 2. The summed E-state index contributed by atoms with van der Waals surface area (Å²) in [6.07, 6.45) is 2.39. The minimum absolute atomic E-state index is 0.0729. The molecule has 94 valence electrons. The molecule has 3 heteroatoms. The van der Waals surface area contributed by atoms with Gasteiger partial charge in [0.1, 0.15) is 11.5 Å². The van der Waals surface area contributed by atoms with Crippen LogP contribution in [0.25, 0.3) is 0 Å². The minimum Gasteiger partial charge on any atom is -0.507 e. The predicted octanol–water partition coefficient (Wildman–Crippen LogP) is 2.89. The van der Waals surface area contributed by atoms with Crippen LogP contribution in [-0.2, 0) is 0 Å². The molecule has 1 heterocycles. The van der Waals surface area contributed by atoms with Gasteiger partial charge >= 0.3 is 0 Å². The third-order valence-electron chi connectivity index (χ3n) is 3.84. The molecule has 0 radical (unpaired) electrons. The third-order valence-corrected chi connectivity index (χ3v) is 3.84. The van der Waals surface area contributed by atoms with Crippen LogP contribution in [0.3, 0.4) is 0 Å². The summed E-state index contributed by atoms with van der Waals surface area (Å²) >= 11 is 0. The molecule has 0 saturated carbocycles. The molecule has 1 atom stereocenters. The van der Waals surface area contributed by atoms with Crippen molar-refractivity contribution in [3.8, 4) is 11.5 Å². The molecular weight excluding hydrogens is 214 g/mol. The van der Waals surface area contributed by atoms with Crippen LogP contribution in [0, 0.1) is 5.92 Å². The summed E-state index contributed by atoms with van der Waals surface area (Å²) in [6.45, 7) is 6.40. The molecule has 0 bridgehead atoms. The van der Waals surface area contributed by atoms with Gasteiger partial charge < -0.3 is 10.2 Å². The summed E-state index contributed by atoms with van der Waals surface area (Å²) in [5, 5.41) is 19.7. The van der Waals surface area contributed by atoms with Crippen molar-refractivity contribution < 1.29 is 10.2 Å². The van der Waals surface area contributed by atoms with E-state index in [2.05, 4.69) is 11.8 Å². The maximum Gasteiger partial charge on any atom is 0.124 e. The number of likely N-dealkylation sites (tertiary alicyclic amines) is 1. The Labute approximate surface area is 103 Å². The maximum absolute atomic E-state index is 9.86. The van der Waals surface area contributed by atoms with E-state index >= 15 is 0 Å². The number of hydrogen-bond donors (Lipinski definition) is 2. The van der Waals surface area contributed by atoms with E-state index in [1.54, 1.807) is 18.2 Å². The van der Waals surface area contributed by atoms with Gasteiger partial charge in [0.25, 0.3) is 0 Å². The van der Waals surface area contributed by atoms with Crippen LogP contribution in [0.2, 0.25) is 0 Å². The second kappa shape index (κ2) is 4.96. The Kier molecular flexibility index (Phi) is 3.57. The normalized spacial score (nSPS) is 20.4. The van der Waals surface area contributed by atoms with E-state index in [0.717, 1.165) is 19.0 Å². The van der Waals surface area contributed by atoms with Gasteiger partial charge in [0, 0.05) is 6.04 Å². The minimum atomic E-state index is 0.0729. The van der Waals surface area contributed by atoms with Gasteiger partial charge in [0.2, 0.25) is 0 Å². The lowest BCUT2D eigenvalue weighted by Gasteiger charge is -2.35. The summed E-state index contributed by atoms with van der Waals surface area (Å²) < 4.78 is 0. The highest BCUT2D eigenvalue weighted by Gasteiger charge is 2.24. The van der Waals surface area contributed by atoms with E-state index in [0.29, 0.717) is 5.56 Å². The van der Waals surface area contributed by atoms with Crippen molar-refractivity contribution in [1.29, 1.82) is 0 Å². The highest BCUT2D eigenvalue weighted by Crippen LogP contribution is 2.36. The van der Waals surface area contributed by atoms with E-state index in [4.69, 9.17) is 0 Å². The first-order valence-electron chi connectivity index (χ1n) is 6.34. The quantitative estimate of drug-likeness (QED) is 0.828. The summed E-state index contributed by atoms with van der Waals surface area (Å²) in [4.78, 5) is 2.33. The summed E-state index contributed by atoms with van der Waals surface area (Å²) in [6, 6.07) is 5.01. The Morgan fingerprint density at radius 2 is 1.71 bits per heavy atom. The number of nitrogens with zero attached hydrogens (tertiary/aromatic N) is 1. The van der Waals surface area contributed by atoms with Gasteiger partial charge in [-0.25, -0.2) is 0 Å². The van der Waals surface area contributed by atoms with Crippen LogP contribution < -0.4 is 0 Å². The van der Waals surface area contributed by atoms with Gasteiger partial charge in [-0.1, -0.05) is 13.0 Å². The Morgan fingerprint density at radius 1 is 1.18 bits per heavy atom. The molecule has 0 aromatic heterocycles. The van der Waals surface area contributed by atoms with Gasteiger partial charge in [-0.15, -0.1) is 0 Å². The van der Waals surface area contributed by atoms with E-state index in [1.165, 1.54) is 12.8 Å². The molecule has 2 rings (SSSR count). The van der Waals surface area contributed by atoms with Gasteiger partial charge in [-0.05, 0) is 50.9 Å². The second-order valence-electron chi connectivity index (χ2n) is 5.10. The Bertz CT molecular complexity index is 364. The Morgan fingerprint density at radius 3 is 2.24 bits per heavy atom. The molecule has 0 aliphatic carbocycles. The molecule has 1 saturated heterocycles. The van der Waals surface area contributed by atoms with Crippen molar-refractivity contribution in [3.05, 3.63) is 23.8 Å². The van der Waals surface area contributed by atoms with Crippen LogP contribution in [0.1, 0.15) is 38.3 Å². The molecule has 3 nitrogen and oxygen atoms in total. The average Bonchev–Trinajstić information content (AvgIpc) is 2.29. The van der Waals surface area contributed by atoms with E-state index in [9.17, 15) is 10.2 Å². The van der Waals surface area contributed by atoms with E-state index in [-0.39, 0.29) is 17.5 Å². The maximum atomic E-state index is 9.86. The molecule has 1 aromatic rings. The molecule has 1 unspecified atom stereocenters. The Hall–Kier alpha value is -1.22. The van der Waals surface area contributed by atoms with Gasteiger partial charge in [0.05, 0.1) is 5.56 Å². The first-order valence-corrected chi connectivity index (χ1v) is 6.34. The van der Waals surface area contributed by atoms with Crippen molar-refractivity contribution >= 4 is 0 Å². The molecule has 1 fully saturated rings. The van der Waals surface area contributed by atoms with Crippen LogP contribution in [0.4, 0.5) is 0 Å². The van der Waals surface area contributed by atoms with Crippen molar-refractivity contribution in [3.63, 3.8) is 0 Å². The highest BCUT2D eigenvalue weighted by molar-refractivity contribution is 5.44. The standard InChI is InChI=1S/C14H21NO2/c1-10-6-8-15(9-7-10)11(2)14-12(16)4-3-5-13(14)17/h3-5,10-11,16-17H,6-9H2,1-2H3. The van der Waals surface area contributed by atoms with Crippen LogP contribution in [0.15, 0.2) is 18.2 Å². The van der Waals surface area contributed by atoms with Crippen LogP contribution >= 0.6 is 0 Å². The van der Waals surface area contributed by atoms with Gasteiger partial charge in [0.15, 0.2) is 0 Å². The van der Waals surface area contributed by atoms with Crippen molar-refractivity contribution in [1.82, 2.24) is 4.90 Å². The lowest BCUT2D eigenvalue weighted by atomic mass is 9.96. The van der Waals surface area contributed by atoms with Crippen molar-refractivity contribution in [2.45, 2.75) is 32.7 Å². The summed E-state index contributed by atoms with van der Waals surface area (Å²) in [5.41, 5.74) is 0.655. The topological polar surface area (TPSA) is 43.7 Å². The third kappa shape index (κ3) is 2.55. The highest BCUT2D eigenvalue weighted by atomic mass is 16.3. The fraction of sp³-hybridized carbons (Fsp3) is 0.571. The van der Waals surface area contributed by atoms with Crippen molar-refractivity contribution in [2.24, 2.45) is 5.92 Å².